The van der Waals surface area contributed by atoms with Gasteiger partial charge in [-0.1, -0.05) is 0 Å². The van der Waals surface area contributed by atoms with Crippen LogP contribution in [0.1, 0.15) is 16.1 Å². The van der Waals surface area contributed by atoms with Crippen molar-refractivity contribution >= 4 is 5.97 Å². The number of carboxylic acids is 1. The fourth-order valence-electron chi connectivity index (χ4n) is 1.68. The van der Waals surface area contributed by atoms with Gasteiger partial charge in [-0.15, -0.1) is 0 Å². The summed E-state index contributed by atoms with van der Waals surface area (Å²) >= 11 is 0. The van der Waals surface area contributed by atoms with Gasteiger partial charge in [-0.2, -0.15) is 9.78 Å². The number of nitrogens with zero attached hydrogens (tertiary/aromatic N) is 3. The highest BCUT2D eigenvalue weighted by Gasteiger charge is 2.16. The summed E-state index contributed by atoms with van der Waals surface area (Å²) in [4.78, 5) is 26.9. The van der Waals surface area contributed by atoms with E-state index in [2.05, 4.69) is 10.1 Å². The minimum absolute atomic E-state index is 0.0446. The van der Waals surface area contributed by atoms with Gasteiger partial charge in [0.2, 0.25) is 0 Å². The first kappa shape index (κ1) is 14.8. The zero-order chi connectivity index (χ0) is 15.4. The fourth-order valence-corrected chi connectivity index (χ4v) is 1.68. The van der Waals surface area contributed by atoms with Crippen LogP contribution >= 0.6 is 0 Å². The minimum atomic E-state index is -1.36. The van der Waals surface area contributed by atoms with Gasteiger partial charge in [0, 0.05) is 13.5 Å². The van der Waals surface area contributed by atoms with E-state index >= 15 is 0 Å². The van der Waals surface area contributed by atoms with Crippen molar-refractivity contribution in [1.82, 2.24) is 14.8 Å². The van der Waals surface area contributed by atoms with Crippen LogP contribution in [0.3, 0.4) is 0 Å². The van der Waals surface area contributed by atoms with E-state index in [0.29, 0.717) is 18.7 Å². The van der Waals surface area contributed by atoms with Gasteiger partial charge in [-0.05, 0) is 18.2 Å². The average molecular weight is 293 g/mol. The number of hydrogen-bond donors (Lipinski definition) is 1. The number of methoxy groups -OCH3 is 1. The lowest BCUT2D eigenvalue weighted by molar-refractivity contribution is 0.0694. The van der Waals surface area contributed by atoms with Crippen LogP contribution in [0.4, 0.5) is 4.39 Å². The summed E-state index contributed by atoms with van der Waals surface area (Å²) in [5, 5.41) is 13.1. The lowest BCUT2D eigenvalue weighted by Gasteiger charge is -2.08. The van der Waals surface area contributed by atoms with Gasteiger partial charge in [0.25, 0.3) is 5.56 Å². The predicted molar refractivity (Wildman–Crippen MR) is 70.1 cm³/mol. The molecule has 21 heavy (non-hydrogen) atoms. The molecule has 0 spiro atoms. The van der Waals surface area contributed by atoms with E-state index in [-0.39, 0.29) is 5.82 Å². The zero-order valence-electron chi connectivity index (χ0n) is 11.1. The van der Waals surface area contributed by atoms with E-state index in [9.17, 15) is 14.0 Å². The van der Waals surface area contributed by atoms with E-state index < -0.39 is 22.9 Å². The van der Waals surface area contributed by atoms with Crippen molar-refractivity contribution in [2.45, 2.75) is 6.42 Å². The third kappa shape index (κ3) is 3.29. The van der Waals surface area contributed by atoms with Crippen LogP contribution in [-0.4, -0.2) is 39.6 Å². The Balaban J connectivity index is 2.57. The lowest BCUT2D eigenvalue weighted by atomic mass is 10.2. The van der Waals surface area contributed by atoms with Gasteiger partial charge in [-0.3, -0.25) is 4.79 Å². The van der Waals surface area contributed by atoms with Crippen molar-refractivity contribution < 1.29 is 19.0 Å². The number of halogens is 1. The van der Waals surface area contributed by atoms with Crippen LogP contribution < -0.4 is 5.56 Å². The Labute approximate surface area is 118 Å². The molecule has 2 aromatic rings. The number of pyridine rings is 1. The summed E-state index contributed by atoms with van der Waals surface area (Å²) in [6.07, 6.45) is 1.25. The molecular weight excluding hydrogens is 281 g/mol. The molecule has 0 aromatic carbocycles. The Morgan fingerprint density at radius 1 is 1.48 bits per heavy atom. The molecule has 0 aliphatic heterocycles. The average Bonchev–Trinajstić information content (AvgIpc) is 2.47. The quantitative estimate of drug-likeness (QED) is 0.870. The number of carboxylic acid groups (broad SMARTS) is 1. The van der Waals surface area contributed by atoms with Crippen molar-refractivity contribution in [2.24, 2.45) is 0 Å². The third-order valence-electron chi connectivity index (χ3n) is 2.68. The number of aromatic nitrogens is 3. The molecule has 0 radical (unpaired) electrons. The molecule has 7 nitrogen and oxygen atoms in total. The molecular formula is C13H12FN3O4. The molecule has 0 saturated heterocycles. The molecule has 110 valence electrons. The maximum Gasteiger partial charge on any atom is 0.341 e. The Morgan fingerprint density at radius 2 is 2.24 bits per heavy atom. The van der Waals surface area contributed by atoms with Crippen LogP contribution in [0.2, 0.25) is 0 Å². The minimum Gasteiger partial charge on any atom is -0.477 e. The Bertz CT molecular complexity index is 712. The number of carbonyl (C=O) groups is 1. The largest absolute Gasteiger partial charge is 0.477 e. The Hall–Kier alpha value is -2.61. The van der Waals surface area contributed by atoms with E-state index in [1.165, 1.54) is 19.2 Å². The monoisotopic (exact) mass is 293 g/mol. The summed E-state index contributed by atoms with van der Waals surface area (Å²) in [5.74, 6) is -1.89. The van der Waals surface area contributed by atoms with Gasteiger partial charge in [0.05, 0.1) is 18.5 Å². The van der Waals surface area contributed by atoms with Crippen molar-refractivity contribution in [3.05, 3.63) is 51.8 Å². The van der Waals surface area contributed by atoms with Gasteiger partial charge >= 0.3 is 5.97 Å². The van der Waals surface area contributed by atoms with Crippen molar-refractivity contribution in [3.8, 4) is 5.82 Å². The van der Waals surface area contributed by atoms with E-state index in [4.69, 9.17) is 9.84 Å². The highest BCUT2D eigenvalue weighted by molar-refractivity contribution is 5.87. The smallest absolute Gasteiger partial charge is 0.341 e. The molecule has 2 rings (SSSR count). The maximum atomic E-state index is 12.9. The van der Waals surface area contributed by atoms with Crippen LogP contribution in [0.15, 0.2) is 29.2 Å². The first-order valence-corrected chi connectivity index (χ1v) is 6.00. The summed E-state index contributed by atoms with van der Waals surface area (Å²) in [6, 6.07) is 3.55. The maximum absolute atomic E-state index is 12.9. The normalized spacial score (nSPS) is 10.6. The summed E-state index contributed by atoms with van der Waals surface area (Å²) in [6.45, 7) is 0.321. The molecule has 0 fully saturated rings. The second-order valence-electron chi connectivity index (χ2n) is 4.15. The molecule has 2 aromatic heterocycles. The van der Waals surface area contributed by atoms with Gasteiger partial charge in [0.15, 0.2) is 5.82 Å². The topological polar surface area (TPSA) is 94.3 Å². The molecule has 0 bridgehead atoms. The molecule has 0 saturated carbocycles. The van der Waals surface area contributed by atoms with E-state index in [1.807, 2.05) is 0 Å². The Morgan fingerprint density at radius 3 is 2.81 bits per heavy atom. The standard InChI is InChI=1S/C13H12FN3O4/c1-21-5-4-9-6-10(13(19)20)12(18)17(16-9)11-3-2-8(14)7-15-11/h2-3,6-7H,4-5H2,1H3,(H,19,20). The molecule has 0 aliphatic rings. The van der Waals surface area contributed by atoms with Crippen LogP contribution in [0.5, 0.6) is 0 Å². The summed E-state index contributed by atoms with van der Waals surface area (Å²) in [7, 11) is 1.50. The Kier molecular flexibility index (Phi) is 4.39. The first-order chi connectivity index (χ1) is 10.0. The molecule has 8 heteroatoms. The van der Waals surface area contributed by atoms with Crippen molar-refractivity contribution in [3.63, 3.8) is 0 Å². The number of ether oxygens (including phenoxy) is 1. The first-order valence-electron chi connectivity index (χ1n) is 6.00. The second-order valence-corrected chi connectivity index (χ2v) is 4.15. The number of aromatic carboxylic acids is 1. The molecule has 0 atom stereocenters. The molecule has 2 heterocycles. The van der Waals surface area contributed by atoms with Gasteiger partial charge in [0.1, 0.15) is 11.4 Å². The fraction of sp³-hybridized carbons (Fsp3) is 0.231. The van der Waals surface area contributed by atoms with Crippen LogP contribution in [-0.2, 0) is 11.2 Å². The lowest BCUT2D eigenvalue weighted by Crippen LogP contribution is -2.29. The summed E-state index contributed by atoms with van der Waals surface area (Å²) < 4.78 is 18.6. The molecule has 0 unspecified atom stereocenters. The number of rotatable bonds is 5. The van der Waals surface area contributed by atoms with E-state index in [1.54, 1.807) is 0 Å². The second kappa shape index (κ2) is 6.23. The van der Waals surface area contributed by atoms with Crippen molar-refractivity contribution in [1.29, 1.82) is 0 Å². The number of hydrogen-bond acceptors (Lipinski definition) is 5. The highest BCUT2D eigenvalue weighted by Crippen LogP contribution is 2.05. The molecule has 1 N–H and O–H groups in total. The third-order valence-corrected chi connectivity index (χ3v) is 2.68. The zero-order valence-corrected chi connectivity index (χ0v) is 11.1. The highest BCUT2D eigenvalue weighted by atomic mass is 19.1. The molecule has 0 amide bonds. The van der Waals surface area contributed by atoms with E-state index in [0.717, 1.165) is 16.9 Å². The SMILES string of the molecule is COCCc1cc(C(=O)O)c(=O)n(-c2ccc(F)cn2)n1. The van der Waals surface area contributed by atoms with Crippen LogP contribution in [0.25, 0.3) is 5.82 Å². The van der Waals surface area contributed by atoms with Crippen LogP contribution in [0, 0.1) is 5.82 Å². The van der Waals surface area contributed by atoms with Gasteiger partial charge in [-0.25, -0.2) is 14.2 Å². The van der Waals surface area contributed by atoms with Gasteiger partial charge < -0.3 is 9.84 Å². The molecule has 0 aliphatic carbocycles. The predicted octanol–water partition coefficient (Wildman–Crippen LogP) is 0.654. The summed E-state index contributed by atoms with van der Waals surface area (Å²) in [5.41, 5.74) is -0.898. The van der Waals surface area contributed by atoms with Crippen molar-refractivity contribution in [2.75, 3.05) is 13.7 Å².